The van der Waals surface area contributed by atoms with Crippen LogP contribution < -0.4 is 5.73 Å². The van der Waals surface area contributed by atoms with Crippen molar-refractivity contribution in [1.82, 2.24) is 15.0 Å². The van der Waals surface area contributed by atoms with E-state index >= 15 is 0 Å². The van der Waals surface area contributed by atoms with Crippen LogP contribution in [0.3, 0.4) is 0 Å². The highest BCUT2D eigenvalue weighted by atomic mass is 16.5. The third-order valence-corrected chi connectivity index (χ3v) is 5.23. The van der Waals surface area contributed by atoms with E-state index in [0.717, 1.165) is 39.0 Å². The molecular formula is C24H24N4O2. The molecule has 4 rings (SSSR count). The van der Waals surface area contributed by atoms with Gasteiger partial charge in [0.05, 0.1) is 0 Å². The average Bonchev–Trinajstić information content (AvgIpc) is 3.18. The molecule has 30 heavy (non-hydrogen) atoms. The van der Waals surface area contributed by atoms with Crippen LogP contribution in [0.4, 0.5) is 0 Å². The molecule has 0 spiro atoms. The Hall–Kier alpha value is -3.51. The first kappa shape index (κ1) is 19.8. The number of carbonyl (C=O) groups excluding carboxylic acids is 1. The van der Waals surface area contributed by atoms with Gasteiger partial charge >= 0.3 is 0 Å². The number of amides is 1. The summed E-state index contributed by atoms with van der Waals surface area (Å²) >= 11 is 0. The van der Waals surface area contributed by atoms with Gasteiger partial charge in [-0.1, -0.05) is 47.6 Å². The van der Waals surface area contributed by atoms with Gasteiger partial charge in [-0.2, -0.15) is 0 Å². The van der Waals surface area contributed by atoms with E-state index in [1.165, 1.54) is 4.90 Å². The van der Waals surface area contributed by atoms with Crippen molar-refractivity contribution in [2.45, 2.75) is 19.4 Å². The molecule has 0 saturated heterocycles. The molecule has 1 amide bonds. The topological polar surface area (TPSA) is 85.2 Å². The summed E-state index contributed by atoms with van der Waals surface area (Å²) < 4.78 is 5.49. The highest BCUT2D eigenvalue weighted by Gasteiger charge is 2.19. The van der Waals surface area contributed by atoms with E-state index in [0.29, 0.717) is 12.1 Å². The minimum Gasteiger partial charge on any atom is -0.356 e. The Kier molecular flexibility index (Phi) is 5.33. The number of carbonyl (C=O) groups is 1. The molecule has 6 nitrogen and oxygen atoms in total. The van der Waals surface area contributed by atoms with Crippen molar-refractivity contribution in [2.24, 2.45) is 5.73 Å². The number of benzene rings is 2. The van der Waals surface area contributed by atoms with Gasteiger partial charge in [-0.3, -0.25) is 4.79 Å². The third-order valence-electron chi connectivity index (χ3n) is 5.23. The Balaban J connectivity index is 1.70. The Morgan fingerprint density at radius 1 is 1.07 bits per heavy atom. The van der Waals surface area contributed by atoms with Crippen molar-refractivity contribution >= 4 is 16.9 Å². The lowest BCUT2D eigenvalue weighted by atomic mass is 9.93. The fraction of sp³-hybridized carbons (Fsp3) is 0.208. The van der Waals surface area contributed by atoms with Crippen LogP contribution in [0.15, 0.2) is 65.2 Å². The zero-order valence-corrected chi connectivity index (χ0v) is 17.3. The molecule has 0 saturated carbocycles. The predicted molar refractivity (Wildman–Crippen MR) is 117 cm³/mol. The first-order valence-electron chi connectivity index (χ1n) is 9.83. The molecule has 0 bridgehead atoms. The van der Waals surface area contributed by atoms with Gasteiger partial charge in [-0.05, 0) is 36.2 Å². The standard InChI is InChI=1S/C24H24N4O2/c1-15-12-13-20(24(29)28(2)3)26-21(15)14-19(25)16-8-4-5-9-17(16)23-18-10-6-7-11-22(18)30-27-23/h4-13,19H,14,25H2,1-3H3. The predicted octanol–water partition coefficient (Wildman–Crippen LogP) is 4.14. The highest BCUT2D eigenvalue weighted by Crippen LogP contribution is 2.33. The van der Waals surface area contributed by atoms with E-state index < -0.39 is 0 Å². The number of fused-ring (bicyclic) bond motifs is 1. The first-order valence-corrected chi connectivity index (χ1v) is 9.83. The van der Waals surface area contributed by atoms with E-state index in [1.807, 2.05) is 61.5 Å². The third kappa shape index (κ3) is 3.69. The summed E-state index contributed by atoms with van der Waals surface area (Å²) in [5, 5.41) is 5.24. The largest absolute Gasteiger partial charge is 0.356 e. The molecule has 2 N–H and O–H groups in total. The molecular weight excluding hydrogens is 376 g/mol. The van der Waals surface area contributed by atoms with Crippen molar-refractivity contribution in [3.05, 3.63) is 83.2 Å². The van der Waals surface area contributed by atoms with Crippen LogP contribution in [0.25, 0.3) is 22.2 Å². The van der Waals surface area contributed by atoms with E-state index in [1.54, 1.807) is 20.2 Å². The summed E-state index contributed by atoms with van der Waals surface area (Å²) in [4.78, 5) is 18.4. The second-order valence-electron chi connectivity index (χ2n) is 7.58. The summed E-state index contributed by atoms with van der Waals surface area (Å²) in [6, 6.07) is 19.1. The number of pyridine rings is 1. The number of hydrogen-bond donors (Lipinski definition) is 1. The fourth-order valence-electron chi connectivity index (χ4n) is 3.56. The molecule has 0 radical (unpaired) electrons. The molecule has 1 unspecified atom stereocenters. The average molecular weight is 400 g/mol. The molecule has 152 valence electrons. The Morgan fingerprint density at radius 2 is 1.80 bits per heavy atom. The Morgan fingerprint density at radius 3 is 2.60 bits per heavy atom. The van der Waals surface area contributed by atoms with Crippen molar-refractivity contribution in [2.75, 3.05) is 14.1 Å². The van der Waals surface area contributed by atoms with Crippen LogP contribution >= 0.6 is 0 Å². The summed E-state index contributed by atoms with van der Waals surface area (Å²) in [6.07, 6.45) is 0.507. The molecule has 2 heterocycles. The minimum atomic E-state index is -0.312. The van der Waals surface area contributed by atoms with E-state index in [9.17, 15) is 4.79 Å². The van der Waals surface area contributed by atoms with E-state index in [4.69, 9.17) is 10.3 Å². The summed E-state index contributed by atoms with van der Waals surface area (Å²) in [6.45, 7) is 1.98. The molecule has 2 aromatic heterocycles. The smallest absolute Gasteiger partial charge is 0.271 e. The maximum Gasteiger partial charge on any atom is 0.271 e. The molecule has 0 aliphatic rings. The maximum absolute atomic E-state index is 12.3. The van der Waals surface area contributed by atoms with Crippen LogP contribution in [0.2, 0.25) is 0 Å². The van der Waals surface area contributed by atoms with Gasteiger partial charge < -0.3 is 15.2 Å². The lowest BCUT2D eigenvalue weighted by molar-refractivity contribution is 0.0821. The molecule has 1 atom stereocenters. The SMILES string of the molecule is Cc1ccc(C(=O)N(C)C)nc1CC(N)c1ccccc1-c1noc2ccccc12. The molecule has 6 heteroatoms. The van der Waals surface area contributed by atoms with Gasteiger partial charge in [0.2, 0.25) is 0 Å². The lowest BCUT2D eigenvalue weighted by Crippen LogP contribution is -2.24. The van der Waals surface area contributed by atoms with Crippen molar-refractivity contribution < 1.29 is 9.32 Å². The number of nitrogens with two attached hydrogens (primary N) is 1. The minimum absolute atomic E-state index is 0.126. The van der Waals surface area contributed by atoms with Crippen molar-refractivity contribution in [3.63, 3.8) is 0 Å². The Labute approximate surface area is 175 Å². The lowest BCUT2D eigenvalue weighted by Gasteiger charge is -2.17. The van der Waals surface area contributed by atoms with Crippen LogP contribution in [0.5, 0.6) is 0 Å². The Bertz CT molecular complexity index is 1210. The zero-order chi connectivity index (χ0) is 21.3. The summed E-state index contributed by atoms with van der Waals surface area (Å²) in [7, 11) is 3.43. The number of rotatable bonds is 5. The van der Waals surface area contributed by atoms with E-state index in [2.05, 4.69) is 10.1 Å². The van der Waals surface area contributed by atoms with Gasteiger partial charge in [-0.15, -0.1) is 0 Å². The normalized spacial score (nSPS) is 12.1. The summed E-state index contributed by atoms with van der Waals surface area (Å²) in [5.41, 5.74) is 12.3. The molecule has 0 aliphatic heterocycles. The van der Waals surface area contributed by atoms with Gasteiger partial charge in [0.1, 0.15) is 11.4 Å². The van der Waals surface area contributed by atoms with Crippen LogP contribution in [-0.2, 0) is 6.42 Å². The van der Waals surface area contributed by atoms with Crippen LogP contribution in [0, 0.1) is 6.92 Å². The highest BCUT2D eigenvalue weighted by molar-refractivity contribution is 5.93. The zero-order valence-electron chi connectivity index (χ0n) is 17.3. The second-order valence-corrected chi connectivity index (χ2v) is 7.58. The van der Waals surface area contributed by atoms with Gasteiger partial charge in [-0.25, -0.2) is 4.98 Å². The summed E-state index contributed by atoms with van der Waals surface area (Å²) in [5.74, 6) is -0.126. The van der Waals surface area contributed by atoms with Crippen LogP contribution in [-0.4, -0.2) is 35.0 Å². The fourth-order valence-corrected chi connectivity index (χ4v) is 3.56. The van der Waals surface area contributed by atoms with Gasteiger partial charge in [0, 0.05) is 43.2 Å². The number of hydrogen-bond acceptors (Lipinski definition) is 5. The molecule has 4 aromatic rings. The van der Waals surface area contributed by atoms with Crippen molar-refractivity contribution in [3.8, 4) is 11.3 Å². The maximum atomic E-state index is 12.3. The second kappa shape index (κ2) is 8.08. The molecule has 0 fully saturated rings. The van der Waals surface area contributed by atoms with Crippen LogP contribution in [0.1, 0.15) is 33.4 Å². The number of aryl methyl sites for hydroxylation is 1. The monoisotopic (exact) mass is 400 g/mol. The molecule has 0 aliphatic carbocycles. The van der Waals surface area contributed by atoms with E-state index in [-0.39, 0.29) is 11.9 Å². The van der Waals surface area contributed by atoms with Gasteiger partial charge in [0.15, 0.2) is 5.58 Å². The van der Waals surface area contributed by atoms with Gasteiger partial charge in [0.25, 0.3) is 5.91 Å². The number of para-hydroxylation sites is 1. The quantitative estimate of drug-likeness (QED) is 0.544. The molecule has 2 aromatic carbocycles. The number of nitrogens with zero attached hydrogens (tertiary/aromatic N) is 3. The number of aromatic nitrogens is 2. The van der Waals surface area contributed by atoms with Crippen molar-refractivity contribution in [1.29, 1.82) is 0 Å². The first-order chi connectivity index (χ1) is 14.5.